The Kier molecular flexibility index (Phi) is 7.05. The third-order valence-electron chi connectivity index (χ3n) is 6.35. The van der Waals surface area contributed by atoms with Crippen molar-refractivity contribution in [2.45, 2.75) is 63.4 Å². The van der Waals surface area contributed by atoms with Crippen LogP contribution < -0.4 is 9.47 Å². The lowest BCUT2D eigenvalue weighted by molar-refractivity contribution is -0.138. The van der Waals surface area contributed by atoms with E-state index in [9.17, 15) is 14.3 Å². The number of carboxylic acid groups (broad SMARTS) is 1. The monoisotopic (exact) mass is 506 g/mol. The number of carbonyl (C=O) groups is 1. The molecule has 0 radical (unpaired) electrons. The Morgan fingerprint density at radius 2 is 2.09 bits per heavy atom. The topological polar surface area (TPSA) is 65.0 Å². The summed E-state index contributed by atoms with van der Waals surface area (Å²) in [6.07, 6.45) is 5.78. The molecule has 0 amide bonds. The lowest BCUT2D eigenvalue weighted by Gasteiger charge is -2.35. The summed E-state index contributed by atoms with van der Waals surface area (Å²) in [5, 5.41) is 9.48. The summed E-state index contributed by atoms with van der Waals surface area (Å²) in [5.74, 6) is 0.127. The SMILES string of the molecule is C[C@]1(CC(=O)O)CCCc2cc(OCC3CCCCO3)c(Oc3ccc(Br)c(F)c3)cc21. The van der Waals surface area contributed by atoms with Crippen molar-refractivity contribution in [3.63, 3.8) is 0 Å². The highest BCUT2D eigenvalue weighted by Crippen LogP contribution is 2.45. The molecule has 172 valence electrons. The molecule has 5 nitrogen and oxygen atoms in total. The fraction of sp³-hybridized carbons (Fsp3) is 0.480. The lowest BCUT2D eigenvalue weighted by atomic mass is 9.69. The van der Waals surface area contributed by atoms with Gasteiger partial charge >= 0.3 is 5.97 Å². The number of hydrogen-bond donors (Lipinski definition) is 1. The number of carboxylic acids is 1. The minimum atomic E-state index is -0.826. The number of aliphatic carboxylic acids is 1. The van der Waals surface area contributed by atoms with Crippen LogP contribution in [0.25, 0.3) is 0 Å². The van der Waals surface area contributed by atoms with Crippen LogP contribution in [-0.4, -0.2) is 30.4 Å². The van der Waals surface area contributed by atoms with Crippen LogP contribution >= 0.6 is 15.9 Å². The van der Waals surface area contributed by atoms with Gasteiger partial charge in [-0.1, -0.05) is 6.92 Å². The molecule has 1 heterocycles. The molecular weight excluding hydrogens is 479 g/mol. The molecule has 0 saturated carbocycles. The van der Waals surface area contributed by atoms with Crippen LogP contribution in [0.3, 0.4) is 0 Å². The Morgan fingerprint density at radius 3 is 2.81 bits per heavy atom. The van der Waals surface area contributed by atoms with Gasteiger partial charge in [0.15, 0.2) is 11.5 Å². The quantitative estimate of drug-likeness (QED) is 0.470. The van der Waals surface area contributed by atoms with E-state index in [1.807, 2.05) is 19.1 Å². The van der Waals surface area contributed by atoms with Crippen LogP contribution in [0.5, 0.6) is 17.2 Å². The Bertz CT molecular complexity index is 989. The van der Waals surface area contributed by atoms with Crippen LogP contribution in [0.1, 0.15) is 56.6 Å². The number of benzene rings is 2. The van der Waals surface area contributed by atoms with Crippen molar-refractivity contribution in [2.75, 3.05) is 13.2 Å². The molecule has 1 aliphatic carbocycles. The third-order valence-corrected chi connectivity index (χ3v) is 7.00. The van der Waals surface area contributed by atoms with Crippen molar-refractivity contribution in [2.24, 2.45) is 0 Å². The highest BCUT2D eigenvalue weighted by atomic mass is 79.9. The van der Waals surface area contributed by atoms with Gasteiger partial charge in [0, 0.05) is 18.1 Å². The summed E-state index contributed by atoms with van der Waals surface area (Å²) >= 11 is 3.16. The van der Waals surface area contributed by atoms with Gasteiger partial charge in [0.25, 0.3) is 0 Å². The van der Waals surface area contributed by atoms with E-state index in [0.717, 1.165) is 56.3 Å². The predicted octanol–water partition coefficient (Wildman–Crippen LogP) is 6.40. The van der Waals surface area contributed by atoms with Crippen LogP contribution in [0.2, 0.25) is 0 Å². The molecule has 1 saturated heterocycles. The number of halogens is 2. The zero-order valence-electron chi connectivity index (χ0n) is 18.2. The molecule has 2 atom stereocenters. The molecule has 0 bridgehead atoms. The van der Waals surface area contributed by atoms with Crippen molar-refractivity contribution in [1.82, 2.24) is 0 Å². The maximum Gasteiger partial charge on any atom is 0.304 e. The van der Waals surface area contributed by atoms with Gasteiger partial charge < -0.3 is 19.3 Å². The summed E-state index contributed by atoms with van der Waals surface area (Å²) in [5.41, 5.74) is 1.54. The van der Waals surface area contributed by atoms with Crippen molar-refractivity contribution >= 4 is 21.9 Å². The second-order valence-corrected chi connectivity index (χ2v) is 9.77. The molecular formula is C25H28BrFO5. The minimum absolute atomic E-state index is 0.0371. The minimum Gasteiger partial charge on any atom is -0.487 e. The number of fused-ring (bicyclic) bond motifs is 1. The van der Waals surface area contributed by atoms with E-state index < -0.39 is 17.2 Å². The first-order valence-corrected chi connectivity index (χ1v) is 11.9. The Balaban J connectivity index is 1.68. The number of aryl methyl sites for hydroxylation is 1. The smallest absolute Gasteiger partial charge is 0.304 e. The van der Waals surface area contributed by atoms with Crippen LogP contribution in [0.15, 0.2) is 34.8 Å². The van der Waals surface area contributed by atoms with Crippen molar-refractivity contribution in [3.05, 3.63) is 51.7 Å². The molecule has 1 aliphatic heterocycles. The van der Waals surface area contributed by atoms with Crippen LogP contribution in [0.4, 0.5) is 4.39 Å². The van der Waals surface area contributed by atoms with Crippen LogP contribution in [0, 0.1) is 5.82 Å². The molecule has 32 heavy (non-hydrogen) atoms. The number of hydrogen-bond acceptors (Lipinski definition) is 4. The maximum absolute atomic E-state index is 14.1. The first kappa shape index (κ1) is 23.1. The van der Waals surface area contributed by atoms with Gasteiger partial charge in [0.2, 0.25) is 0 Å². The van der Waals surface area contributed by atoms with Crippen molar-refractivity contribution < 1.29 is 28.5 Å². The fourth-order valence-corrected chi connectivity index (χ4v) is 4.92. The molecule has 1 unspecified atom stereocenters. The van der Waals surface area contributed by atoms with E-state index >= 15 is 0 Å². The molecule has 0 spiro atoms. The van der Waals surface area contributed by atoms with Crippen molar-refractivity contribution in [1.29, 1.82) is 0 Å². The summed E-state index contributed by atoms with van der Waals surface area (Å²) < 4.78 is 32.4. The van der Waals surface area contributed by atoms with Gasteiger partial charge in [-0.05, 0) is 89.8 Å². The second kappa shape index (κ2) is 9.79. The van der Waals surface area contributed by atoms with E-state index in [-0.39, 0.29) is 12.5 Å². The van der Waals surface area contributed by atoms with Gasteiger partial charge in [-0.15, -0.1) is 0 Å². The third kappa shape index (κ3) is 5.26. The number of rotatable bonds is 7. The highest BCUT2D eigenvalue weighted by molar-refractivity contribution is 9.10. The maximum atomic E-state index is 14.1. The van der Waals surface area contributed by atoms with Gasteiger partial charge in [-0.25, -0.2) is 4.39 Å². The summed E-state index contributed by atoms with van der Waals surface area (Å²) in [7, 11) is 0. The summed E-state index contributed by atoms with van der Waals surface area (Å²) in [4.78, 5) is 11.6. The first-order valence-electron chi connectivity index (χ1n) is 11.1. The first-order chi connectivity index (χ1) is 15.3. The average molecular weight is 507 g/mol. The zero-order chi connectivity index (χ0) is 22.7. The van der Waals surface area contributed by atoms with E-state index in [1.165, 1.54) is 6.07 Å². The summed E-state index contributed by atoms with van der Waals surface area (Å²) in [6, 6.07) is 8.43. The van der Waals surface area contributed by atoms with Crippen LogP contribution in [-0.2, 0) is 21.4 Å². The Hall–Kier alpha value is -2.12. The Morgan fingerprint density at radius 1 is 1.25 bits per heavy atom. The fourth-order valence-electron chi connectivity index (χ4n) is 4.67. The molecule has 0 aromatic heterocycles. The molecule has 4 rings (SSSR count). The molecule has 7 heteroatoms. The lowest BCUT2D eigenvalue weighted by Crippen LogP contribution is -2.30. The van der Waals surface area contributed by atoms with E-state index in [1.54, 1.807) is 12.1 Å². The standard InChI is InChI=1S/C25H28BrFO5/c1-25(14-24(28)29)9-4-5-16-11-22(31-15-18-6-2-3-10-30-18)23(13-19(16)25)32-17-7-8-20(26)21(27)12-17/h7-8,11-13,18H,2-6,9-10,14-15H2,1H3,(H,28,29)/t18?,25-/m1/s1. The average Bonchev–Trinajstić information content (AvgIpc) is 2.75. The molecule has 2 aromatic carbocycles. The zero-order valence-corrected chi connectivity index (χ0v) is 19.8. The molecule has 2 aromatic rings. The van der Waals surface area contributed by atoms with Crippen molar-refractivity contribution in [3.8, 4) is 17.2 Å². The number of ether oxygens (including phenoxy) is 3. The molecule has 1 fully saturated rings. The second-order valence-electron chi connectivity index (χ2n) is 8.92. The van der Waals surface area contributed by atoms with E-state index in [0.29, 0.717) is 28.3 Å². The van der Waals surface area contributed by atoms with Gasteiger partial charge in [0.1, 0.15) is 18.2 Å². The Labute approximate surface area is 196 Å². The van der Waals surface area contributed by atoms with Gasteiger partial charge in [-0.3, -0.25) is 4.79 Å². The summed E-state index contributed by atoms with van der Waals surface area (Å²) in [6.45, 7) is 3.14. The van der Waals surface area contributed by atoms with E-state index in [2.05, 4.69) is 15.9 Å². The molecule has 2 aliphatic rings. The normalized spacial score (nSPS) is 22.8. The van der Waals surface area contributed by atoms with E-state index in [4.69, 9.17) is 14.2 Å². The van der Waals surface area contributed by atoms with Gasteiger partial charge in [0.05, 0.1) is 17.0 Å². The molecule has 1 N–H and O–H groups in total. The van der Waals surface area contributed by atoms with Gasteiger partial charge in [-0.2, -0.15) is 0 Å². The predicted molar refractivity (Wildman–Crippen MR) is 122 cm³/mol. The largest absolute Gasteiger partial charge is 0.487 e. The highest BCUT2D eigenvalue weighted by Gasteiger charge is 2.35.